The van der Waals surface area contributed by atoms with Crippen LogP contribution in [-0.4, -0.2) is 41.1 Å². The summed E-state index contributed by atoms with van der Waals surface area (Å²) < 4.78 is 39.6. The lowest BCUT2D eigenvalue weighted by Gasteiger charge is -2.08. The average Bonchev–Trinajstić information content (AvgIpc) is 2.21. The Labute approximate surface area is 96.4 Å². The minimum Gasteiger partial charge on any atom is -0.370 e. The third-order valence-corrected chi connectivity index (χ3v) is 1.89. The molecule has 0 aliphatic carbocycles. The largest absolute Gasteiger partial charge is 0.411 e. The van der Waals surface area contributed by atoms with Gasteiger partial charge in [0, 0.05) is 6.54 Å². The SMILES string of the molecule is Cc1nnc(NCCOCC(F)(F)F)nc1C. The number of aromatic nitrogens is 3. The molecule has 96 valence electrons. The first kappa shape index (κ1) is 13.6. The Balaban J connectivity index is 2.25. The van der Waals surface area contributed by atoms with Crippen LogP contribution in [0.4, 0.5) is 19.1 Å². The number of ether oxygens (including phenoxy) is 1. The van der Waals surface area contributed by atoms with Crippen LogP contribution in [0, 0.1) is 13.8 Å². The zero-order valence-corrected chi connectivity index (χ0v) is 9.51. The predicted molar refractivity (Wildman–Crippen MR) is 54.7 cm³/mol. The van der Waals surface area contributed by atoms with E-state index in [0.29, 0.717) is 5.69 Å². The number of hydrogen-bond acceptors (Lipinski definition) is 5. The normalized spacial score (nSPS) is 11.6. The summed E-state index contributed by atoms with van der Waals surface area (Å²) in [5.74, 6) is 0.281. The van der Waals surface area contributed by atoms with Crippen molar-refractivity contribution in [3.05, 3.63) is 11.4 Å². The van der Waals surface area contributed by atoms with Crippen molar-refractivity contribution >= 4 is 5.95 Å². The van der Waals surface area contributed by atoms with Gasteiger partial charge >= 0.3 is 6.18 Å². The molecule has 0 aliphatic rings. The van der Waals surface area contributed by atoms with Crippen molar-refractivity contribution in [1.29, 1.82) is 0 Å². The minimum atomic E-state index is -4.29. The van der Waals surface area contributed by atoms with Crippen LogP contribution in [-0.2, 0) is 4.74 Å². The van der Waals surface area contributed by atoms with Gasteiger partial charge in [-0.3, -0.25) is 0 Å². The monoisotopic (exact) mass is 250 g/mol. The molecule has 0 fully saturated rings. The quantitative estimate of drug-likeness (QED) is 0.802. The number of nitrogens with one attached hydrogen (secondary N) is 1. The van der Waals surface area contributed by atoms with Crippen LogP contribution in [0.15, 0.2) is 0 Å². The molecular formula is C9H13F3N4O. The zero-order valence-electron chi connectivity index (χ0n) is 9.51. The molecule has 0 aliphatic heterocycles. The molecule has 0 amide bonds. The second-order valence-corrected chi connectivity index (χ2v) is 3.40. The van der Waals surface area contributed by atoms with E-state index in [9.17, 15) is 13.2 Å². The van der Waals surface area contributed by atoms with Crippen molar-refractivity contribution in [2.45, 2.75) is 20.0 Å². The van der Waals surface area contributed by atoms with Crippen LogP contribution >= 0.6 is 0 Å². The first-order valence-electron chi connectivity index (χ1n) is 4.95. The molecule has 17 heavy (non-hydrogen) atoms. The molecule has 1 aromatic rings. The van der Waals surface area contributed by atoms with E-state index in [1.54, 1.807) is 13.8 Å². The Morgan fingerprint density at radius 1 is 1.18 bits per heavy atom. The second-order valence-electron chi connectivity index (χ2n) is 3.40. The zero-order chi connectivity index (χ0) is 12.9. The lowest BCUT2D eigenvalue weighted by molar-refractivity contribution is -0.172. The van der Waals surface area contributed by atoms with Crippen molar-refractivity contribution < 1.29 is 17.9 Å². The van der Waals surface area contributed by atoms with Gasteiger partial charge in [-0.2, -0.15) is 18.3 Å². The van der Waals surface area contributed by atoms with E-state index in [0.717, 1.165) is 5.69 Å². The van der Waals surface area contributed by atoms with Gasteiger partial charge in [0.25, 0.3) is 0 Å². The number of hydrogen-bond donors (Lipinski definition) is 1. The molecule has 0 saturated heterocycles. The molecule has 8 heteroatoms. The van der Waals surface area contributed by atoms with Crippen LogP contribution < -0.4 is 5.32 Å². The number of nitrogens with zero attached hydrogens (tertiary/aromatic N) is 3. The van der Waals surface area contributed by atoms with Crippen LogP contribution in [0.3, 0.4) is 0 Å². The lowest BCUT2D eigenvalue weighted by atomic mass is 10.4. The first-order valence-corrected chi connectivity index (χ1v) is 4.95. The third-order valence-electron chi connectivity index (χ3n) is 1.89. The highest BCUT2D eigenvalue weighted by molar-refractivity contribution is 5.24. The molecule has 1 heterocycles. The maximum absolute atomic E-state index is 11.7. The van der Waals surface area contributed by atoms with Crippen molar-refractivity contribution in [2.75, 3.05) is 25.1 Å². The van der Waals surface area contributed by atoms with Crippen molar-refractivity contribution in [3.63, 3.8) is 0 Å². The Morgan fingerprint density at radius 3 is 2.47 bits per heavy atom. The lowest BCUT2D eigenvalue weighted by Crippen LogP contribution is -2.20. The Hall–Kier alpha value is -1.44. The molecule has 0 bridgehead atoms. The fourth-order valence-electron chi connectivity index (χ4n) is 0.955. The number of halogens is 3. The first-order chi connectivity index (χ1) is 7.88. The van der Waals surface area contributed by atoms with Crippen molar-refractivity contribution in [1.82, 2.24) is 15.2 Å². The van der Waals surface area contributed by atoms with E-state index in [1.807, 2.05) is 0 Å². The van der Waals surface area contributed by atoms with Gasteiger partial charge in [0.1, 0.15) is 6.61 Å². The Bertz CT molecular complexity index is 370. The fourth-order valence-corrected chi connectivity index (χ4v) is 0.955. The van der Waals surface area contributed by atoms with E-state index in [-0.39, 0.29) is 19.1 Å². The molecule has 1 aromatic heterocycles. The number of rotatable bonds is 5. The van der Waals surface area contributed by atoms with Gasteiger partial charge in [-0.15, -0.1) is 5.10 Å². The van der Waals surface area contributed by atoms with E-state index in [4.69, 9.17) is 0 Å². The molecule has 0 unspecified atom stereocenters. The maximum Gasteiger partial charge on any atom is 0.411 e. The number of alkyl halides is 3. The second kappa shape index (κ2) is 5.76. The number of aryl methyl sites for hydroxylation is 2. The van der Waals surface area contributed by atoms with Gasteiger partial charge in [0.2, 0.25) is 5.95 Å². The molecule has 1 N–H and O–H groups in total. The van der Waals surface area contributed by atoms with E-state index >= 15 is 0 Å². The van der Waals surface area contributed by atoms with Crippen LogP contribution in [0.25, 0.3) is 0 Å². The van der Waals surface area contributed by atoms with E-state index < -0.39 is 12.8 Å². The summed E-state index contributed by atoms with van der Waals surface area (Å²) >= 11 is 0. The Morgan fingerprint density at radius 2 is 1.88 bits per heavy atom. The Kier molecular flexibility index (Phi) is 4.62. The van der Waals surface area contributed by atoms with Crippen molar-refractivity contribution in [2.24, 2.45) is 0 Å². The summed E-state index contributed by atoms with van der Waals surface area (Å²) in [6.07, 6.45) is -4.29. The molecule has 0 atom stereocenters. The van der Waals surface area contributed by atoms with Gasteiger partial charge < -0.3 is 10.1 Å². The molecule has 5 nitrogen and oxygen atoms in total. The van der Waals surface area contributed by atoms with Crippen molar-refractivity contribution in [3.8, 4) is 0 Å². The average molecular weight is 250 g/mol. The summed E-state index contributed by atoms with van der Waals surface area (Å²) in [4.78, 5) is 4.06. The fraction of sp³-hybridized carbons (Fsp3) is 0.667. The highest BCUT2D eigenvalue weighted by Gasteiger charge is 2.27. The molecule has 0 saturated carbocycles. The topological polar surface area (TPSA) is 59.9 Å². The molecule has 0 radical (unpaired) electrons. The summed E-state index contributed by atoms with van der Waals surface area (Å²) in [7, 11) is 0. The summed E-state index contributed by atoms with van der Waals surface area (Å²) in [5.41, 5.74) is 1.43. The van der Waals surface area contributed by atoms with E-state index in [2.05, 4.69) is 25.2 Å². The highest BCUT2D eigenvalue weighted by Crippen LogP contribution is 2.14. The minimum absolute atomic E-state index is 0.0736. The number of anilines is 1. The standard InChI is InChI=1S/C9H13F3N4O/c1-6-7(2)15-16-8(14-6)13-3-4-17-5-9(10,11)12/h3-5H2,1-2H3,(H,13,14,16). The molecule has 0 aromatic carbocycles. The third kappa shape index (κ3) is 5.43. The van der Waals surface area contributed by atoms with E-state index in [1.165, 1.54) is 0 Å². The van der Waals surface area contributed by atoms with Crippen LogP contribution in [0.1, 0.15) is 11.4 Å². The molecule has 0 spiro atoms. The van der Waals surface area contributed by atoms with Gasteiger partial charge in [-0.1, -0.05) is 0 Å². The smallest absolute Gasteiger partial charge is 0.370 e. The van der Waals surface area contributed by atoms with Gasteiger partial charge in [-0.05, 0) is 13.8 Å². The maximum atomic E-state index is 11.7. The molecular weight excluding hydrogens is 237 g/mol. The van der Waals surface area contributed by atoms with Gasteiger partial charge in [-0.25, -0.2) is 4.98 Å². The van der Waals surface area contributed by atoms with Crippen LogP contribution in [0.5, 0.6) is 0 Å². The summed E-state index contributed by atoms with van der Waals surface area (Å²) in [5, 5.41) is 10.3. The van der Waals surface area contributed by atoms with Crippen LogP contribution in [0.2, 0.25) is 0 Å². The van der Waals surface area contributed by atoms with Gasteiger partial charge in [0.15, 0.2) is 0 Å². The molecule has 1 rings (SSSR count). The summed E-state index contributed by atoms with van der Waals surface area (Å²) in [6, 6.07) is 0. The highest BCUT2D eigenvalue weighted by atomic mass is 19.4. The van der Waals surface area contributed by atoms with Gasteiger partial charge in [0.05, 0.1) is 18.0 Å². The predicted octanol–water partition coefficient (Wildman–Crippen LogP) is 1.48. The summed E-state index contributed by atoms with van der Waals surface area (Å²) in [6.45, 7) is 2.41.